The molecule has 1 aliphatic heterocycles. The maximum absolute atomic E-state index is 12.9. The molecule has 0 saturated heterocycles. The number of amides is 2. The Hall–Kier alpha value is -2.66. The van der Waals surface area contributed by atoms with Crippen LogP contribution in [0, 0.1) is 0 Å². The number of primary amides is 1. The van der Waals surface area contributed by atoms with Crippen LogP contribution in [0.5, 0.6) is 0 Å². The average molecular weight is 338 g/mol. The molecule has 2 aromatic carbocycles. The number of rotatable bonds is 4. The van der Waals surface area contributed by atoms with E-state index in [-0.39, 0.29) is 12.3 Å². The number of hydrogen-bond donors (Lipinski definition) is 2. The van der Waals surface area contributed by atoms with Crippen LogP contribution >= 0.6 is 0 Å². The van der Waals surface area contributed by atoms with Crippen molar-refractivity contribution in [3.05, 3.63) is 71.3 Å². The van der Waals surface area contributed by atoms with Gasteiger partial charge < -0.3 is 15.7 Å². The molecular weight excluding hydrogens is 316 g/mol. The molecule has 1 heterocycles. The molecule has 2 atom stereocenters. The number of fused-ring (bicyclic) bond motifs is 1. The number of benzene rings is 2. The van der Waals surface area contributed by atoms with Crippen molar-refractivity contribution < 1.29 is 14.7 Å². The van der Waals surface area contributed by atoms with Crippen molar-refractivity contribution in [2.45, 2.75) is 38.0 Å². The first-order valence-electron chi connectivity index (χ1n) is 8.32. The van der Waals surface area contributed by atoms with Crippen molar-refractivity contribution in [1.82, 2.24) is 4.90 Å². The number of nitrogens with two attached hydrogens (primary N) is 1. The van der Waals surface area contributed by atoms with Gasteiger partial charge in [-0.2, -0.15) is 0 Å². The van der Waals surface area contributed by atoms with Gasteiger partial charge in [-0.1, -0.05) is 54.6 Å². The molecule has 1 unspecified atom stereocenters. The molecule has 0 radical (unpaired) electrons. The highest BCUT2D eigenvalue weighted by Gasteiger charge is 2.36. The maximum atomic E-state index is 12.9. The van der Waals surface area contributed by atoms with Gasteiger partial charge >= 0.3 is 0 Å². The minimum absolute atomic E-state index is 0.108. The summed E-state index contributed by atoms with van der Waals surface area (Å²) in [5.41, 5.74) is 6.93. The zero-order chi connectivity index (χ0) is 18.0. The Balaban J connectivity index is 1.84. The molecule has 0 aliphatic carbocycles. The predicted molar refractivity (Wildman–Crippen MR) is 94.3 cm³/mol. The van der Waals surface area contributed by atoms with E-state index in [4.69, 9.17) is 5.73 Å². The van der Waals surface area contributed by atoms with Crippen LogP contribution < -0.4 is 5.73 Å². The fourth-order valence-corrected chi connectivity index (χ4v) is 3.33. The van der Waals surface area contributed by atoms with Crippen LogP contribution in [-0.4, -0.2) is 27.9 Å². The summed E-state index contributed by atoms with van der Waals surface area (Å²) in [6.07, 6.45) is 0.299. The fourth-order valence-electron chi connectivity index (χ4n) is 3.33. The van der Waals surface area contributed by atoms with E-state index >= 15 is 0 Å². The molecule has 2 aromatic rings. The first kappa shape index (κ1) is 17.2. The summed E-state index contributed by atoms with van der Waals surface area (Å²) in [4.78, 5) is 26.2. The second kappa shape index (κ2) is 6.69. The van der Waals surface area contributed by atoms with Gasteiger partial charge in [0.15, 0.2) is 0 Å². The largest absolute Gasteiger partial charge is 0.385 e. The fraction of sp³-hybridized carbons (Fsp3) is 0.300. The lowest BCUT2D eigenvalue weighted by molar-refractivity contribution is -0.144. The van der Waals surface area contributed by atoms with Crippen molar-refractivity contribution in [2.75, 3.05) is 0 Å². The van der Waals surface area contributed by atoms with Gasteiger partial charge in [0.1, 0.15) is 6.04 Å². The van der Waals surface area contributed by atoms with Crippen LogP contribution in [0.3, 0.4) is 0 Å². The zero-order valence-electron chi connectivity index (χ0n) is 14.2. The van der Waals surface area contributed by atoms with Gasteiger partial charge in [0, 0.05) is 13.0 Å². The Labute approximate surface area is 147 Å². The average Bonchev–Trinajstić information content (AvgIpc) is 2.61. The summed E-state index contributed by atoms with van der Waals surface area (Å²) in [7, 11) is 0. The monoisotopic (exact) mass is 338 g/mol. The van der Waals surface area contributed by atoms with Crippen molar-refractivity contribution >= 4 is 11.8 Å². The van der Waals surface area contributed by atoms with Gasteiger partial charge in [-0.05, 0) is 23.6 Å². The Morgan fingerprint density at radius 3 is 2.36 bits per heavy atom. The van der Waals surface area contributed by atoms with Crippen LogP contribution in [0.1, 0.15) is 30.0 Å². The first-order chi connectivity index (χ1) is 11.9. The summed E-state index contributed by atoms with van der Waals surface area (Å²) in [5.74, 6) is -0.811. The number of carbonyl (C=O) groups excluding carboxylic acids is 2. The number of aliphatic hydroxyl groups is 1. The SMILES string of the molecule is CC(O)(CC(=O)N1Cc2ccccc2C[C@H]1C(N)=O)c1ccccc1. The lowest BCUT2D eigenvalue weighted by Crippen LogP contribution is -2.52. The number of hydrogen-bond acceptors (Lipinski definition) is 3. The molecule has 0 aromatic heterocycles. The summed E-state index contributed by atoms with van der Waals surface area (Å²) in [5, 5.41) is 10.7. The van der Waals surface area contributed by atoms with Crippen molar-refractivity contribution in [3.63, 3.8) is 0 Å². The van der Waals surface area contributed by atoms with E-state index in [2.05, 4.69) is 0 Å². The van der Waals surface area contributed by atoms with Gasteiger partial charge in [-0.3, -0.25) is 9.59 Å². The molecule has 3 N–H and O–H groups in total. The van der Waals surface area contributed by atoms with E-state index in [9.17, 15) is 14.7 Å². The second-order valence-corrected chi connectivity index (χ2v) is 6.73. The Kier molecular flexibility index (Phi) is 4.59. The molecule has 0 fully saturated rings. The highest BCUT2D eigenvalue weighted by molar-refractivity contribution is 5.88. The van der Waals surface area contributed by atoms with Crippen LogP contribution in [0.25, 0.3) is 0 Å². The van der Waals surface area contributed by atoms with E-state index in [1.165, 1.54) is 4.90 Å². The molecule has 2 amide bonds. The molecular formula is C20H22N2O3. The molecule has 5 nitrogen and oxygen atoms in total. The Morgan fingerprint density at radius 2 is 1.72 bits per heavy atom. The molecule has 130 valence electrons. The molecule has 0 bridgehead atoms. The highest BCUT2D eigenvalue weighted by Crippen LogP contribution is 2.29. The molecule has 1 aliphatic rings. The summed E-state index contributed by atoms with van der Waals surface area (Å²) in [6, 6.07) is 16.1. The van der Waals surface area contributed by atoms with E-state index in [1.807, 2.05) is 42.5 Å². The van der Waals surface area contributed by atoms with Crippen molar-refractivity contribution in [1.29, 1.82) is 0 Å². The molecule has 3 rings (SSSR count). The second-order valence-electron chi connectivity index (χ2n) is 6.73. The lowest BCUT2D eigenvalue weighted by atomic mass is 9.89. The van der Waals surface area contributed by atoms with E-state index in [1.54, 1.807) is 19.1 Å². The van der Waals surface area contributed by atoms with Crippen LogP contribution in [-0.2, 0) is 28.2 Å². The maximum Gasteiger partial charge on any atom is 0.240 e. The van der Waals surface area contributed by atoms with Gasteiger partial charge in [0.2, 0.25) is 11.8 Å². The predicted octanol–water partition coefficient (Wildman–Crippen LogP) is 1.72. The third-order valence-corrected chi connectivity index (χ3v) is 4.79. The minimum atomic E-state index is -1.31. The standard InChI is InChI=1S/C20H22N2O3/c1-20(25,16-9-3-2-4-10-16)12-18(23)22-13-15-8-6-5-7-14(15)11-17(22)19(21)24/h2-10,17,25H,11-13H2,1H3,(H2,21,24)/t17-,20?/m0/s1. The van der Waals surface area contributed by atoms with Gasteiger partial charge in [0.05, 0.1) is 12.0 Å². The number of carbonyl (C=O) groups is 2. The summed E-state index contributed by atoms with van der Waals surface area (Å²) < 4.78 is 0. The lowest BCUT2D eigenvalue weighted by Gasteiger charge is -2.37. The van der Waals surface area contributed by atoms with Crippen LogP contribution in [0.2, 0.25) is 0 Å². The van der Waals surface area contributed by atoms with Crippen LogP contribution in [0.4, 0.5) is 0 Å². The molecule has 25 heavy (non-hydrogen) atoms. The zero-order valence-corrected chi connectivity index (χ0v) is 14.2. The van der Waals surface area contributed by atoms with Crippen LogP contribution in [0.15, 0.2) is 54.6 Å². The molecule has 0 saturated carbocycles. The van der Waals surface area contributed by atoms with Gasteiger partial charge in [0.25, 0.3) is 0 Å². The third-order valence-electron chi connectivity index (χ3n) is 4.79. The number of nitrogens with zero attached hydrogens (tertiary/aromatic N) is 1. The van der Waals surface area contributed by atoms with E-state index in [0.29, 0.717) is 18.5 Å². The minimum Gasteiger partial charge on any atom is -0.385 e. The summed E-state index contributed by atoms with van der Waals surface area (Å²) in [6.45, 7) is 1.94. The Bertz CT molecular complexity index is 787. The first-order valence-corrected chi connectivity index (χ1v) is 8.32. The normalized spacial score (nSPS) is 19.0. The topological polar surface area (TPSA) is 83.6 Å². The van der Waals surface area contributed by atoms with Crippen molar-refractivity contribution in [2.24, 2.45) is 5.73 Å². The van der Waals surface area contributed by atoms with Crippen molar-refractivity contribution in [3.8, 4) is 0 Å². The Morgan fingerprint density at radius 1 is 1.12 bits per heavy atom. The molecule has 5 heteroatoms. The quantitative estimate of drug-likeness (QED) is 0.890. The van der Waals surface area contributed by atoms with Gasteiger partial charge in [-0.15, -0.1) is 0 Å². The third kappa shape index (κ3) is 3.56. The summed E-state index contributed by atoms with van der Waals surface area (Å²) >= 11 is 0. The van der Waals surface area contributed by atoms with E-state index < -0.39 is 17.6 Å². The smallest absolute Gasteiger partial charge is 0.240 e. The molecule has 0 spiro atoms. The highest BCUT2D eigenvalue weighted by atomic mass is 16.3. The van der Waals surface area contributed by atoms with Gasteiger partial charge in [-0.25, -0.2) is 0 Å². The van der Waals surface area contributed by atoms with E-state index in [0.717, 1.165) is 11.1 Å².